The molecule has 0 bridgehead atoms. The molecular formula is C56H74N4O12S. The third-order valence-electron chi connectivity index (χ3n) is 12.5. The molecule has 1 aliphatic rings. The quantitative estimate of drug-likeness (QED) is 0.0411. The number of carbonyl (C=O) groups excluding carboxylic acids is 7. The van der Waals surface area contributed by atoms with E-state index in [1.165, 1.54) is 19.1 Å². The second kappa shape index (κ2) is 29.6. The third kappa shape index (κ3) is 20.8. The molecule has 3 aromatic rings. The van der Waals surface area contributed by atoms with Gasteiger partial charge in [-0.25, -0.2) is 0 Å². The number of aryl methyl sites for hydroxylation is 2. The molecule has 396 valence electrons. The van der Waals surface area contributed by atoms with E-state index < -0.39 is 87.9 Å². The van der Waals surface area contributed by atoms with E-state index >= 15 is 0 Å². The Labute approximate surface area is 431 Å². The van der Waals surface area contributed by atoms with Crippen molar-refractivity contribution in [1.82, 2.24) is 20.9 Å². The van der Waals surface area contributed by atoms with Gasteiger partial charge in [-0.3, -0.25) is 42.6 Å². The molecule has 0 spiro atoms. The summed E-state index contributed by atoms with van der Waals surface area (Å²) in [5, 5.41) is 8.26. The molecule has 1 unspecified atom stereocenters. The van der Waals surface area contributed by atoms with Crippen LogP contribution < -0.4 is 16.0 Å². The van der Waals surface area contributed by atoms with E-state index in [1.807, 2.05) is 55.1 Å². The van der Waals surface area contributed by atoms with Crippen LogP contribution in [0.15, 0.2) is 89.8 Å². The van der Waals surface area contributed by atoms with Crippen molar-refractivity contribution >= 4 is 51.2 Å². The van der Waals surface area contributed by atoms with E-state index in [-0.39, 0.29) is 74.1 Å². The lowest BCUT2D eigenvalue weighted by atomic mass is 9.86. The lowest BCUT2D eigenvalue weighted by Gasteiger charge is -2.33. The topological polar surface area (TPSA) is 221 Å². The molecule has 0 radical (unpaired) electrons. The monoisotopic (exact) mass is 1030 g/mol. The number of benzene rings is 3. The van der Waals surface area contributed by atoms with Crippen molar-refractivity contribution < 1.29 is 55.6 Å². The first-order chi connectivity index (χ1) is 34.7. The summed E-state index contributed by atoms with van der Waals surface area (Å²) in [6.07, 6.45) is 5.19. The van der Waals surface area contributed by atoms with E-state index in [1.54, 1.807) is 57.2 Å². The number of ketones is 3. The van der Waals surface area contributed by atoms with Gasteiger partial charge in [0.2, 0.25) is 23.5 Å². The number of hydrogen-bond donors (Lipinski definition) is 3. The van der Waals surface area contributed by atoms with Crippen LogP contribution >= 0.6 is 0 Å². The van der Waals surface area contributed by atoms with Gasteiger partial charge in [0.1, 0.15) is 12.4 Å². The Morgan fingerprint density at radius 1 is 0.767 bits per heavy atom. The predicted octanol–water partition coefficient (Wildman–Crippen LogP) is 5.52. The van der Waals surface area contributed by atoms with Crippen molar-refractivity contribution in [1.29, 1.82) is 0 Å². The second-order valence-electron chi connectivity index (χ2n) is 19.9. The van der Waals surface area contributed by atoms with Gasteiger partial charge >= 0.3 is 5.97 Å². The van der Waals surface area contributed by atoms with Gasteiger partial charge < -0.3 is 25.4 Å². The largest absolute Gasteiger partial charge is 0.449 e. The smallest absolute Gasteiger partial charge is 0.307 e. The standard InChI is InChI=1S/C56H74N4O12S/c1-8-27-57-51(63)25-26-52(64)72-56(7,38-71-73(68,69)47-23-19-41(6)20-24-47)53(65)49(33-40(4)5)59-55(67)45(34-43-17-13-10-14-18-43)36-50(62)48(32-39(2)3)58-54(66)44(22-21-42-15-11-9-12-16-42)35-46(61)37-60-28-30-70-31-29-60/h1,9-20,23-24,39-40,44-45,48-49H,21-22,25-38H2,2-7H3,(H,57,63)(H,58,66)(H,59,67)/t44-,45-,48+,49+,56?/m1/s1. The van der Waals surface area contributed by atoms with E-state index in [2.05, 4.69) is 21.9 Å². The molecule has 1 aliphatic heterocycles. The number of carbonyl (C=O) groups is 7. The summed E-state index contributed by atoms with van der Waals surface area (Å²) in [6, 6.07) is 22.0. The highest BCUT2D eigenvalue weighted by Crippen LogP contribution is 2.25. The fraction of sp³-hybridized carbons (Fsp3) is 0.518. The minimum Gasteiger partial charge on any atom is -0.449 e. The SMILES string of the molecule is C#CCNC(=O)CCC(=O)OC(C)(COS(=O)(=O)c1ccc(C)cc1)C(=O)[C@H](CC(C)C)NC(=O)[C@@H](CC(=O)[C@H](CC(C)C)NC(=O)[C@H](CCc1ccccc1)CC(=O)CN1CCOCC1)Cc1ccccc1. The summed E-state index contributed by atoms with van der Waals surface area (Å²) in [5.74, 6) is -4.00. The van der Waals surface area contributed by atoms with E-state index in [9.17, 15) is 42.0 Å². The molecule has 0 saturated carbocycles. The summed E-state index contributed by atoms with van der Waals surface area (Å²) in [6.45, 7) is 11.8. The van der Waals surface area contributed by atoms with Crippen LogP contribution in [0, 0.1) is 42.9 Å². The third-order valence-corrected chi connectivity index (χ3v) is 13.7. The highest BCUT2D eigenvalue weighted by molar-refractivity contribution is 7.86. The van der Waals surface area contributed by atoms with E-state index in [0.717, 1.165) is 11.1 Å². The van der Waals surface area contributed by atoms with Gasteiger partial charge in [-0.2, -0.15) is 8.42 Å². The number of morpholine rings is 1. The van der Waals surface area contributed by atoms with Crippen molar-refractivity contribution in [2.45, 2.75) is 122 Å². The molecule has 3 N–H and O–H groups in total. The summed E-state index contributed by atoms with van der Waals surface area (Å²) >= 11 is 0. The first-order valence-corrected chi connectivity index (χ1v) is 26.5. The molecule has 1 heterocycles. The molecule has 1 saturated heterocycles. The van der Waals surface area contributed by atoms with E-state index in [0.29, 0.717) is 44.7 Å². The van der Waals surface area contributed by atoms with Gasteiger partial charge in [-0.15, -0.1) is 6.42 Å². The van der Waals surface area contributed by atoms with Crippen LogP contribution in [0.2, 0.25) is 0 Å². The Hall–Kier alpha value is -6.06. The lowest BCUT2D eigenvalue weighted by Crippen LogP contribution is -2.56. The fourth-order valence-corrected chi connectivity index (χ4v) is 9.45. The lowest BCUT2D eigenvalue weighted by molar-refractivity contribution is -0.170. The van der Waals surface area contributed by atoms with Gasteiger partial charge in [0.15, 0.2) is 11.4 Å². The molecule has 4 rings (SSSR count). The van der Waals surface area contributed by atoms with Crippen LogP contribution in [0.1, 0.15) is 96.3 Å². The van der Waals surface area contributed by atoms with Crippen molar-refractivity contribution in [3.63, 3.8) is 0 Å². The first-order valence-electron chi connectivity index (χ1n) is 25.1. The zero-order valence-electron chi connectivity index (χ0n) is 43.2. The molecule has 1 fully saturated rings. The molecule has 0 aromatic heterocycles. The minimum absolute atomic E-state index is 0.00356. The van der Waals surface area contributed by atoms with Gasteiger partial charge in [-0.05, 0) is 81.0 Å². The summed E-state index contributed by atoms with van der Waals surface area (Å²) in [5.41, 5.74) is 0.172. The maximum Gasteiger partial charge on any atom is 0.307 e. The van der Waals surface area contributed by atoms with Crippen molar-refractivity contribution in [2.24, 2.45) is 23.7 Å². The average molecular weight is 1030 g/mol. The Bertz CT molecular complexity index is 2450. The number of rotatable bonds is 31. The molecular weight excluding hydrogens is 953 g/mol. The van der Waals surface area contributed by atoms with Gasteiger partial charge in [0.05, 0.1) is 49.7 Å². The number of esters is 1. The zero-order chi connectivity index (χ0) is 53.6. The van der Waals surface area contributed by atoms with Crippen LogP contribution in [0.5, 0.6) is 0 Å². The predicted molar refractivity (Wildman–Crippen MR) is 276 cm³/mol. The highest BCUT2D eigenvalue weighted by Gasteiger charge is 2.45. The van der Waals surface area contributed by atoms with Gasteiger partial charge in [-0.1, -0.05) is 112 Å². The van der Waals surface area contributed by atoms with Gasteiger partial charge in [0, 0.05) is 44.2 Å². The van der Waals surface area contributed by atoms with Crippen LogP contribution in [0.4, 0.5) is 0 Å². The molecule has 3 aromatic carbocycles. The normalized spacial score (nSPS) is 15.4. The summed E-state index contributed by atoms with van der Waals surface area (Å²) in [4.78, 5) is 99.6. The first kappa shape index (κ1) is 59.5. The molecule has 73 heavy (non-hydrogen) atoms. The molecule has 3 amide bonds. The highest BCUT2D eigenvalue weighted by atomic mass is 32.2. The Morgan fingerprint density at radius 2 is 1.34 bits per heavy atom. The number of amides is 3. The van der Waals surface area contributed by atoms with Crippen LogP contribution in [-0.2, 0) is 70.2 Å². The molecule has 17 heteroatoms. The van der Waals surface area contributed by atoms with Crippen LogP contribution in [-0.4, -0.2) is 118 Å². The number of nitrogens with zero attached hydrogens (tertiary/aromatic N) is 1. The average Bonchev–Trinajstić information content (AvgIpc) is 3.35. The number of nitrogens with one attached hydrogen (secondary N) is 3. The number of terminal acetylenes is 1. The second-order valence-corrected chi connectivity index (χ2v) is 21.5. The summed E-state index contributed by atoms with van der Waals surface area (Å²) in [7, 11) is -4.51. The molecule has 16 nitrogen and oxygen atoms in total. The van der Waals surface area contributed by atoms with Crippen LogP contribution in [0.25, 0.3) is 0 Å². The molecule has 0 aliphatic carbocycles. The van der Waals surface area contributed by atoms with E-state index in [4.69, 9.17) is 20.1 Å². The molecule has 5 atom stereocenters. The van der Waals surface area contributed by atoms with Crippen LogP contribution in [0.3, 0.4) is 0 Å². The zero-order valence-corrected chi connectivity index (χ0v) is 44.0. The summed E-state index contributed by atoms with van der Waals surface area (Å²) < 4.78 is 43.5. The fourth-order valence-electron chi connectivity index (χ4n) is 8.46. The van der Waals surface area contributed by atoms with Crippen molar-refractivity contribution in [2.75, 3.05) is 46.0 Å². The Balaban J connectivity index is 1.63. The Kier molecular flexibility index (Phi) is 24.1. The minimum atomic E-state index is -4.51. The van der Waals surface area contributed by atoms with Gasteiger partial charge in [0.25, 0.3) is 10.1 Å². The Morgan fingerprint density at radius 3 is 1.95 bits per heavy atom. The maximum atomic E-state index is 14.9. The van der Waals surface area contributed by atoms with Crippen molar-refractivity contribution in [3.05, 3.63) is 102 Å². The number of Topliss-reactive ketones (excluding diaryl/α,β-unsaturated/α-hetero) is 3. The number of hydrogen-bond acceptors (Lipinski definition) is 13. The number of ether oxygens (including phenoxy) is 2. The maximum absolute atomic E-state index is 14.9. The van der Waals surface area contributed by atoms with Crippen molar-refractivity contribution in [3.8, 4) is 12.3 Å².